The predicted molar refractivity (Wildman–Crippen MR) is 130 cm³/mol. The zero-order valence-corrected chi connectivity index (χ0v) is 22.0. The maximum absolute atomic E-state index is 12.7. The Bertz CT molecular complexity index is 781. The summed E-state index contributed by atoms with van der Waals surface area (Å²) < 4.78 is 0. The van der Waals surface area contributed by atoms with Crippen LogP contribution in [0.4, 0.5) is 0 Å². The van der Waals surface area contributed by atoms with E-state index in [1.165, 1.54) is 57.8 Å². The highest BCUT2D eigenvalue weighted by molar-refractivity contribution is 5.82. The van der Waals surface area contributed by atoms with Crippen LogP contribution in [0.5, 0.6) is 0 Å². The molecule has 0 aromatic heterocycles. The fourth-order valence-electron chi connectivity index (χ4n) is 11.2. The summed E-state index contributed by atoms with van der Waals surface area (Å²) in [6, 6.07) is 0. The van der Waals surface area contributed by atoms with E-state index in [4.69, 9.17) is 0 Å². The molecule has 5 aliphatic carbocycles. The van der Waals surface area contributed by atoms with E-state index in [2.05, 4.69) is 55.4 Å². The van der Waals surface area contributed by atoms with Gasteiger partial charge in [-0.25, -0.2) is 0 Å². The van der Waals surface area contributed by atoms with Crippen molar-refractivity contribution in [3.8, 4) is 0 Å². The monoisotopic (exact) mass is 426 g/mol. The van der Waals surface area contributed by atoms with E-state index >= 15 is 0 Å². The molecule has 0 bridgehead atoms. The number of hydrogen-bond donors (Lipinski definition) is 0. The largest absolute Gasteiger partial charge is 0.299 e. The molecule has 176 valence electrons. The first kappa shape index (κ1) is 22.5. The third-order valence-electron chi connectivity index (χ3n) is 13.7. The maximum Gasteiger partial charge on any atom is 0.136 e. The number of carbonyl (C=O) groups is 1. The molecule has 0 N–H and O–H groups in total. The quantitative estimate of drug-likeness (QED) is 0.379. The summed E-state index contributed by atoms with van der Waals surface area (Å²) in [4.78, 5) is 12.7. The molecule has 0 aromatic carbocycles. The Hall–Kier alpha value is -0.330. The van der Waals surface area contributed by atoms with Crippen molar-refractivity contribution in [3.63, 3.8) is 0 Å². The Morgan fingerprint density at radius 2 is 1.26 bits per heavy atom. The van der Waals surface area contributed by atoms with Crippen molar-refractivity contribution >= 4 is 5.78 Å². The molecule has 31 heavy (non-hydrogen) atoms. The standard InChI is InChI=1S/C30H50O/c1-20-21(31)9-10-22-27(20,5)12-11-23-28(22,6)16-18-30(8)24-19-25(2,3)13-14-26(24,4)15-17-29(23,30)7/h20,22-24H,9-19H2,1-8H3/t20-,22-,23-,24-,26+,27-,28-,29-,30-/m1/s1. The number of ketones is 1. The molecule has 5 rings (SSSR count). The van der Waals surface area contributed by atoms with Crippen LogP contribution in [-0.4, -0.2) is 5.78 Å². The summed E-state index contributed by atoms with van der Waals surface area (Å²) >= 11 is 0. The van der Waals surface area contributed by atoms with Crippen LogP contribution in [0.15, 0.2) is 0 Å². The van der Waals surface area contributed by atoms with E-state index in [9.17, 15) is 4.79 Å². The molecule has 0 amide bonds. The van der Waals surface area contributed by atoms with Gasteiger partial charge in [0, 0.05) is 12.3 Å². The van der Waals surface area contributed by atoms with E-state index in [1.807, 2.05) is 0 Å². The Balaban J connectivity index is 1.55. The van der Waals surface area contributed by atoms with Gasteiger partial charge in [-0.2, -0.15) is 0 Å². The summed E-state index contributed by atoms with van der Waals surface area (Å²) in [6.07, 6.45) is 14.6. The second-order valence-electron chi connectivity index (χ2n) is 15.3. The van der Waals surface area contributed by atoms with E-state index in [1.54, 1.807) is 0 Å². The van der Waals surface area contributed by atoms with Crippen molar-refractivity contribution in [3.05, 3.63) is 0 Å². The molecule has 5 fully saturated rings. The van der Waals surface area contributed by atoms with Gasteiger partial charge in [-0.3, -0.25) is 4.79 Å². The van der Waals surface area contributed by atoms with Crippen LogP contribution in [0.2, 0.25) is 0 Å². The van der Waals surface area contributed by atoms with Crippen molar-refractivity contribution in [1.29, 1.82) is 0 Å². The van der Waals surface area contributed by atoms with Gasteiger partial charge in [0.2, 0.25) is 0 Å². The van der Waals surface area contributed by atoms with E-state index in [0.717, 1.165) is 30.6 Å². The Morgan fingerprint density at radius 1 is 0.645 bits per heavy atom. The topological polar surface area (TPSA) is 17.1 Å². The van der Waals surface area contributed by atoms with E-state index in [-0.39, 0.29) is 11.3 Å². The number of rotatable bonds is 0. The fourth-order valence-corrected chi connectivity index (χ4v) is 11.2. The minimum Gasteiger partial charge on any atom is -0.299 e. The Labute approximate surface area is 192 Å². The van der Waals surface area contributed by atoms with Crippen LogP contribution in [-0.2, 0) is 4.79 Å². The first-order chi connectivity index (χ1) is 14.2. The van der Waals surface area contributed by atoms with Gasteiger partial charge in [0.25, 0.3) is 0 Å². The minimum atomic E-state index is 0.237. The number of hydrogen-bond acceptors (Lipinski definition) is 1. The summed E-state index contributed by atoms with van der Waals surface area (Å²) in [6.45, 7) is 20.7. The molecule has 9 atom stereocenters. The van der Waals surface area contributed by atoms with Crippen LogP contribution in [0, 0.1) is 56.2 Å². The number of fused-ring (bicyclic) bond motifs is 7. The number of carbonyl (C=O) groups excluding carboxylic acids is 1. The van der Waals surface area contributed by atoms with E-state index < -0.39 is 0 Å². The second kappa shape index (κ2) is 6.41. The van der Waals surface area contributed by atoms with Gasteiger partial charge in [0.05, 0.1) is 0 Å². The Kier molecular flexibility index (Phi) is 4.65. The van der Waals surface area contributed by atoms with Crippen molar-refractivity contribution in [2.45, 2.75) is 126 Å². The fraction of sp³-hybridized carbons (Fsp3) is 0.967. The molecular formula is C30H50O. The lowest BCUT2D eigenvalue weighted by molar-refractivity contribution is -0.256. The average Bonchev–Trinajstić information content (AvgIpc) is 2.69. The average molecular weight is 427 g/mol. The third-order valence-corrected chi connectivity index (χ3v) is 13.7. The highest BCUT2D eigenvalue weighted by Gasteiger charge is 2.70. The lowest BCUT2D eigenvalue weighted by Gasteiger charge is -2.74. The van der Waals surface area contributed by atoms with Crippen LogP contribution < -0.4 is 0 Å². The minimum absolute atomic E-state index is 0.237. The van der Waals surface area contributed by atoms with Gasteiger partial charge >= 0.3 is 0 Å². The number of Topliss-reactive ketones (excluding diaryl/α,β-unsaturated/α-hetero) is 1. The van der Waals surface area contributed by atoms with Gasteiger partial charge in [-0.05, 0) is 114 Å². The van der Waals surface area contributed by atoms with Crippen molar-refractivity contribution in [2.75, 3.05) is 0 Å². The highest BCUT2D eigenvalue weighted by atomic mass is 16.1. The molecule has 0 spiro atoms. The molecular weight excluding hydrogens is 376 g/mol. The molecule has 0 saturated heterocycles. The molecule has 1 heteroatoms. The van der Waals surface area contributed by atoms with Crippen LogP contribution >= 0.6 is 0 Å². The molecule has 0 unspecified atom stereocenters. The van der Waals surface area contributed by atoms with Gasteiger partial charge in [-0.15, -0.1) is 0 Å². The molecule has 0 radical (unpaired) electrons. The van der Waals surface area contributed by atoms with Gasteiger partial charge in [0.15, 0.2) is 0 Å². The van der Waals surface area contributed by atoms with Crippen LogP contribution in [0.3, 0.4) is 0 Å². The highest BCUT2D eigenvalue weighted by Crippen LogP contribution is 2.78. The predicted octanol–water partition coefficient (Wildman–Crippen LogP) is 8.46. The molecule has 1 nitrogen and oxygen atoms in total. The normalized spacial score (nSPS) is 58.5. The zero-order valence-electron chi connectivity index (χ0n) is 22.0. The van der Waals surface area contributed by atoms with Gasteiger partial charge in [0.1, 0.15) is 5.78 Å². The summed E-state index contributed by atoms with van der Waals surface area (Å²) in [5.41, 5.74) is 2.67. The summed E-state index contributed by atoms with van der Waals surface area (Å²) in [7, 11) is 0. The summed E-state index contributed by atoms with van der Waals surface area (Å²) in [5.74, 6) is 3.27. The molecule has 0 aromatic rings. The molecule has 5 saturated carbocycles. The van der Waals surface area contributed by atoms with Crippen molar-refractivity contribution < 1.29 is 4.79 Å². The maximum atomic E-state index is 12.7. The van der Waals surface area contributed by atoms with Gasteiger partial charge in [-0.1, -0.05) is 55.4 Å². The third kappa shape index (κ3) is 2.70. The lowest BCUT2D eigenvalue weighted by Crippen LogP contribution is -2.67. The van der Waals surface area contributed by atoms with Crippen LogP contribution in [0.1, 0.15) is 126 Å². The van der Waals surface area contributed by atoms with Crippen molar-refractivity contribution in [2.24, 2.45) is 56.2 Å². The first-order valence-electron chi connectivity index (χ1n) is 13.7. The lowest BCUT2D eigenvalue weighted by atomic mass is 9.30. The summed E-state index contributed by atoms with van der Waals surface area (Å²) in [5, 5.41) is 0. The van der Waals surface area contributed by atoms with Crippen LogP contribution in [0.25, 0.3) is 0 Å². The van der Waals surface area contributed by atoms with Crippen molar-refractivity contribution in [1.82, 2.24) is 0 Å². The smallest absolute Gasteiger partial charge is 0.136 e. The van der Waals surface area contributed by atoms with Gasteiger partial charge < -0.3 is 0 Å². The SMILES string of the molecule is C[C@@H]1C(=O)CC[C@@H]2[C@]1(C)CC[C@@H]1[C@]2(C)CC[C@]2(C)[C@@H]3CC(C)(C)CC[C@@]3(C)CC[C@]12C. The molecule has 0 heterocycles. The zero-order chi connectivity index (χ0) is 22.7. The van der Waals surface area contributed by atoms with E-state index in [0.29, 0.717) is 32.9 Å². The second-order valence-corrected chi connectivity index (χ2v) is 15.3. The molecule has 0 aliphatic heterocycles. The first-order valence-corrected chi connectivity index (χ1v) is 13.7. The Morgan fingerprint density at radius 3 is 1.97 bits per heavy atom. The molecule has 5 aliphatic rings.